The summed E-state index contributed by atoms with van der Waals surface area (Å²) in [7, 11) is 0. The summed E-state index contributed by atoms with van der Waals surface area (Å²) >= 11 is 2.17. The average Bonchev–Trinajstić information content (AvgIpc) is 3.13. The van der Waals surface area contributed by atoms with Gasteiger partial charge in [0.25, 0.3) is 0 Å². The largest absolute Gasteiger partial charge is 0.314 e. The predicted octanol–water partition coefficient (Wildman–Crippen LogP) is 2.34. The molecule has 2 atom stereocenters. The van der Waals surface area contributed by atoms with Crippen LogP contribution in [0.5, 0.6) is 0 Å². The zero-order valence-corrected chi connectivity index (χ0v) is 11.6. The maximum atomic E-state index is 3.62. The summed E-state index contributed by atoms with van der Waals surface area (Å²) in [6.07, 6.45) is 5.46. The van der Waals surface area contributed by atoms with Crippen molar-refractivity contribution in [1.82, 2.24) is 10.2 Å². The molecule has 2 rings (SSSR count). The standard InChI is InChI=1S/C13H26N2S/c1-3-13-10-15(8-9-16-13)11(2)6-7-14-12-4-5-12/h11-14H,3-10H2,1-2H3. The molecule has 0 bridgehead atoms. The van der Waals surface area contributed by atoms with Gasteiger partial charge in [0.2, 0.25) is 0 Å². The van der Waals surface area contributed by atoms with E-state index in [0.717, 1.165) is 17.3 Å². The van der Waals surface area contributed by atoms with Gasteiger partial charge in [0, 0.05) is 36.2 Å². The quantitative estimate of drug-likeness (QED) is 0.770. The van der Waals surface area contributed by atoms with Crippen LogP contribution < -0.4 is 5.32 Å². The lowest BCUT2D eigenvalue weighted by molar-refractivity contribution is 0.204. The molecule has 1 aliphatic carbocycles. The highest BCUT2D eigenvalue weighted by molar-refractivity contribution is 8.00. The summed E-state index contributed by atoms with van der Waals surface area (Å²) in [5, 5.41) is 4.50. The van der Waals surface area contributed by atoms with Crippen LogP contribution in [0.1, 0.15) is 39.5 Å². The lowest BCUT2D eigenvalue weighted by atomic mass is 10.1. The fraction of sp³-hybridized carbons (Fsp3) is 1.00. The van der Waals surface area contributed by atoms with Crippen molar-refractivity contribution in [3.63, 3.8) is 0 Å². The van der Waals surface area contributed by atoms with Crippen LogP contribution in [0, 0.1) is 0 Å². The van der Waals surface area contributed by atoms with Gasteiger partial charge in [-0.15, -0.1) is 0 Å². The van der Waals surface area contributed by atoms with Gasteiger partial charge < -0.3 is 5.32 Å². The van der Waals surface area contributed by atoms with E-state index in [-0.39, 0.29) is 0 Å². The first-order valence-electron chi connectivity index (χ1n) is 6.88. The topological polar surface area (TPSA) is 15.3 Å². The normalized spacial score (nSPS) is 29.2. The number of hydrogen-bond donors (Lipinski definition) is 1. The van der Waals surface area contributed by atoms with Crippen molar-refractivity contribution in [2.45, 2.75) is 56.9 Å². The Morgan fingerprint density at radius 3 is 2.94 bits per heavy atom. The maximum Gasteiger partial charge on any atom is 0.0172 e. The van der Waals surface area contributed by atoms with E-state index in [9.17, 15) is 0 Å². The Labute approximate surface area is 105 Å². The zero-order chi connectivity index (χ0) is 11.4. The predicted molar refractivity (Wildman–Crippen MR) is 73.2 cm³/mol. The second kappa shape index (κ2) is 6.27. The third kappa shape index (κ3) is 3.94. The van der Waals surface area contributed by atoms with Crippen LogP contribution in [-0.4, -0.2) is 47.6 Å². The molecule has 1 N–H and O–H groups in total. The zero-order valence-electron chi connectivity index (χ0n) is 10.7. The number of nitrogens with one attached hydrogen (secondary N) is 1. The van der Waals surface area contributed by atoms with Crippen molar-refractivity contribution in [2.75, 3.05) is 25.4 Å². The summed E-state index contributed by atoms with van der Waals surface area (Å²) in [4.78, 5) is 2.69. The summed E-state index contributed by atoms with van der Waals surface area (Å²) in [5.41, 5.74) is 0. The van der Waals surface area contributed by atoms with Gasteiger partial charge in [-0.2, -0.15) is 11.8 Å². The van der Waals surface area contributed by atoms with Gasteiger partial charge in [0.05, 0.1) is 0 Å². The molecule has 2 aliphatic rings. The summed E-state index contributed by atoms with van der Waals surface area (Å²) in [5.74, 6) is 1.33. The fourth-order valence-electron chi connectivity index (χ4n) is 2.36. The molecule has 0 aromatic carbocycles. The van der Waals surface area contributed by atoms with E-state index >= 15 is 0 Å². The smallest absolute Gasteiger partial charge is 0.0172 e. The van der Waals surface area contributed by atoms with E-state index in [1.807, 2.05) is 0 Å². The molecule has 2 nitrogen and oxygen atoms in total. The molecule has 2 unspecified atom stereocenters. The van der Waals surface area contributed by atoms with Crippen LogP contribution in [0.25, 0.3) is 0 Å². The Balaban J connectivity index is 1.64. The van der Waals surface area contributed by atoms with Gasteiger partial charge in [0.15, 0.2) is 0 Å². The first kappa shape index (κ1) is 12.7. The van der Waals surface area contributed by atoms with Crippen molar-refractivity contribution < 1.29 is 0 Å². The van der Waals surface area contributed by atoms with Gasteiger partial charge >= 0.3 is 0 Å². The Morgan fingerprint density at radius 1 is 1.44 bits per heavy atom. The summed E-state index contributed by atoms with van der Waals surface area (Å²) < 4.78 is 0. The first-order valence-corrected chi connectivity index (χ1v) is 7.93. The maximum absolute atomic E-state index is 3.62. The van der Waals surface area contributed by atoms with E-state index in [1.54, 1.807) is 0 Å². The number of thioether (sulfide) groups is 1. The van der Waals surface area contributed by atoms with Crippen LogP contribution in [0.15, 0.2) is 0 Å². The van der Waals surface area contributed by atoms with Gasteiger partial charge in [-0.05, 0) is 39.2 Å². The molecule has 0 spiro atoms. The first-order chi connectivity index (χ1) is 7.79. The van der Waals surface area contributed by atoms with E-state index in [2.05, 4.69) is 35.8 Å². The van der Waals surface area contributed by atoms with Crippen LogP contribution in [0.4, 0.5) is 0 Å². The molecule has 2 fully saturated rings. The highest BCUT2D eigenvalue weighted by Crippen LogP contribution is 2.23. The second-order valence-corrected chi connectivity index (χ2v) is 6.67. The summed E-state index contributed by atoms with van der Waals surface area (Å²) in [6, 6.07) is 1.63. The van der Waals surface area contributed by atoms with Gasteiger partial charge in [-0.1, -0.05) is 6.92 Å². The average molecular weight is 242 g/mol. The molecular formula is C13H26N2S. The third-order valence-corrected chi connectivity index (χ3v) is 5.19. The SMILES string of the molecule is CCC1CN(C(C)CCNC2CC2)CCS1. The molecule has 3 heteroatoms. The monoisotopic (exact) mass is 242 g/mol. The third-order valence-electron chi connectivity index (χ3n) is 3.82. The molecule has 0 radical (unpaired) electrons. The minimum Gasteiger partial charge on any atom is -0.314 e. The highest BCUT2D eigenvalue weighted by Gasteiger charge is 2.24. The van der Waals surface area contributed by atoms with Gasteiger partial charge in [-0.3, -0.25) is 4.90 Å². The van der Waals surface area contributed by atoms with Crippen molar-refractivity contribution >= 4 is 11.8 Å². The molecule has 0 aromatic rings. The van der Waals surface area contributed by atoms with Crippen LogP contribution in [0.3, 0.4) is 0 Å². The van der Waals surface area contributed by atoms with E-state index in [1.165, 1.54) is 51.1 Å². The highest BCUT2D eigenvalue weighted by atomic mass is 32.2. The molecule has 1 heterocycles. The Bertz CT molecular complexity index is 206. The minimum atomic E-state index is 0.765. The van der Waals surface area contributed by atoms with Crippen molar-refractivity contribution in [3.05, 3.63) is 0 Å². The van der Waals surface area contributed by atoms with E-state index in [4.69, 9.17) is 0 Å². The molecule has 0 amide bonds. The van der Waals surface area contributed by atoms with Crippen molar-refractivity contribution in [1.29, 1.82) is 0 Å². The van der Waals surface area contributed by atoms with Crippen LogP contribution in [-0.2, 0) is 0 Å². The number of rotatable bonds is 6. The Kier molecular flexibility index (Phi) is 4.98. The molecule has 16 heavy (non-hydrogen) atoms. The molecule has 1 saturated heterocycles. The molecule has 94 valence electrons. The molecular weight excluding hydrogens is 216 g/mol. The lowest BCUT2D eigenvalue weighted by Crippen LogP contribution is -2.44. The van der Waals surface area contributed by atoms with Crippen LogP contribution >= 0.6 is 11.8 Å². The molecule has 1 saturated carbocycles. The fourth-order valence-corrected chi connectivity index (χ4v) is 3.56. The van der Waals surface area contributed by atoms with Crippen LogP contribution in [0.2, 0.25) is 0 Å². The van der Waals surface area contributed by atoms with Crippen molar-refractivity contribution in [3.8, 4) is 0 Å². The second-order valence-electron chi connectivity index (χ2n) is 5.26. The number of nitrogens with zero attached hydrogens (tertiary/aromatic N) is 1. The van der Waals surface area contributed by atoms with Gasteiger partial charge in [-0.25, -0.2) is 0 Å². The van der Waals surface area contributed by atoms with E-state index < -0.39 is 0 Å². The molecule has 1 aliphatic heterocycles. The summed E-state index contributed by atoms with van der Waals surface area (Å²) in [6.45, 7) is 8.54. The van der Waals surface area contributed by atoms with Gasteiger partial charge in [0.1, 0.15) is 0 Å². The number of hydrogen-bond acceptors (Lipinski definition) is 3. The Morgan fingerprint density at radius 2 is 2.25 bits per heavy atom. The Hall–Kier alpha value is 0.270. The minimum absolute atomic E-state index is 0.765. The van der Waals surface area contributed by atoms with E-state index in [0.29, 0.717) is 0 Å². The lowest BCUT2D eigenvalue weighted by Gasteiger charge is -2.36. The molecule has 0 aromatic heterocycles. The van der Waals surface area contributed by atoms with Crippen molar-refractivity contribution in [2.24, 2.45) is 0 Å².